The van der Waals surface area contributed by atoms with Crippen LogP contribution in [0.4, 0.5) is 0 Å². The number of nitrogens with one attached hydrogen (secondary N) is 1. The zero-order valence-electron chi connectivity index (χ0n) is 8.89. The molecule has 0 aliphatic rings. The van der Waals surface area contributed by atoms with Crippen LogP contribution in [0.2, 0.25) is 0 Å². The summed E-state index contributed by atoms with van der Waals surface area (Å²) < 4.78 is 0. The fourth-order valence-electron chi connectivity index (χ4n) is 1.50. The van der Waals surface area contributed by atoms with Gasteiger partial charge in [0.2, 0.25) is 0 Å². The first kappa shape index (κ1) is 12.7. The number of hydrogen-bond donors (Lipinski definition) is 2. The molecule has 0 aromatic carbocycles. The van der Waals surface area contributed by atoms with E-state index in [1.807, 2.05) is 13.1 Å². The summed E-state index contributed by atoms with van der Waals surface area (Å²) in [6, 6.07) is 0. The van der Waals surface area contributed by atoms with Gasteiger partial charge in [0.05, 0.1) is 0 Å². The first-order valence-corrected chi connectivity index (χ1v) is 5.30. The lowest BCUT2D eigenvalue weighted by molar-refractivity contribution is 0.431. The van der Waals surface area contributed by atoms with E-state index in [0.29, 0.717) is 5.92 Å². The summed E-state index contributed by atoms with van der Waals surface area (Å²) in [6.07, 6.45) is 8.11. The molecule has 0 rings (SSSR count). The zero-order chi connectivity index (χ0) is 9.94. The molecule has 0 saturated carbocycles. The van der Waals surface area contributed by atoms with Gasteiger partial charge in [0.1, 0.15) is 0 Å². The van der Waals surface area contributed by atoms with Crippen LogP contribution in [0.15, 0.2) is 12.7 Å². The van der Waals surface area contributed by atoms with Gasteiger partial charge in [-0.3, -0.25) is 0 Å². The van der Waals surface area contributed by atoms with Crippen LogP contribution in [-0.2, 0) is 0 Å². The molecule has 0 heterocycles. The summed E-state index contributed by atoms with van der Waals surface area (Å²) in [5.74, 6) is 0.716. The maximum absolute atomic E-state index is 5.69. The Morgan fingerprint density at radius 2 is 2.08 bits per heavy atom. The summed E-state index contributed by atoms with van der Waals surface area (Å²) >= 11 is 0. The quantitative estimate of drug-likeness (QED) is 0.424. The highest BCUT2D eigenvalue weighted by molar-refractivity contribution is 4.68. The third-order valence-corrected chi connectivity index (χ3v) is 2.39. The minimum Gasteiger partial charge on any atom is -0.330 e. The van der Waals surface area contributed by atoms with Gasteiger partial charge in [-0.15, -0.1) is 6.58 Å². The van der Waals surface area contributed by atoms with E-state index in [9.17, 15) is 0 Å². The van der Waals surface area contributed by atoms with Crippen molar-refractivity contribution in [3.05, 3.63) is 12.7 Å². The molecular weight excluding hydrogens is 160 g/mol. The standard InChI is InChI=1S/C11H24N2/c1-3-4-5-7-11(10-12)8-6-9-13-2/h3,11,13H,1,4-10,12H2,2H3. The average Bonchev–Trinajstić information content (AvgIpc) is 2.16. The van der Waals surface area contributed by atoms with Gasteiger partial charge in [-0.25, -0.2) is 0 Å². The van der Waals surface area contributed by atoms with Crippen molar-refractivity contribution in [2.24, 2.45) is 11.7 Å². The summed E-state index contributed by atoms with van der Waals surface area (Å²) in [5, 5.41) is 3.16. The third-order valence-electron chi connectivity index (χ3n) is 2.39. The van der Waals surface area contributed by atoms with E-state index >= 15 is 0 Å². The normalized spacial score (nSPS) is 12.8. The Labute approximate surface area is 82.6 Å². The molecule has 0 aliphatic carbocycles. The molecule has 1 unspecified atom stereocenters. The third kappa shape index (κ3) is 8.00. The Morgan fingerprint density at radius 3 is 2.62 bits per heavy atom. The van der Waals surface area contributed by atoms with Gasteiger partial charge in [0, 0.05) is 0 Å². The van der Waals surface area contributed by atoms with E-state index in [1.165, 1.54) is 25.7 Å². The van der Waals surface area contributed by atoms with E-state index in [-0.39, 0.29) is 0 Å². The highest BCUT2D eigenvalue weighted by Crippen LogP contribution is 2.13. The molecule has 0 bridgehead atoms. The molecule has 1 atom stereocenters. The average molecular weight is 184 g/mol. The monoisotopic (exact) mass is 184 g/mol. The molecule has 0 spiro atoms. The van der Waals surface area contributed by atoms with Crippen molar-refractivity contribution in [1.82, 2.24) is 5.32 Å². The number of allylic oxidation sites excluding steroid dienone is 1. The zero-order valence-corrected chi connectivity index (χ0v) is 8.89. The fourth-order valence-corrected chi connectivity index (χ4v) is 1.50. The summed E-state index contributed by atoms with van der Waals surface area (Å²) in [5.41, 5.74) is 5.69. The topological polar surface area (TPSA) is 38.0 Å². The molecule has 13 heavy (non-hydrogen) atoms. The largest absolute Gasteiger partial charge is 0.330 e. The molecule has 2 nitrogen and oxygen atoms in total. The Balaban J connectivity index is 3.33. The molecule has 0 saturated heterocycles. The molecule has 0 aromatic rings. The van der Waals surface area contributed by atoms with E-state index in [1.54, 1.807) is 0 Å². The number of unbranched alkanes of at least 4 members (excludes halogenated alkanes) is 1. The van der Waals surface area contributed by atoms with Crippen LogP contribution in [0, 0.1) is 5.92 Å². The first-order chi connectivity index (χ1) is 6.35. The molecule has 0 aliphatic heterocycles. The summed E-state index contributed by atoms with van der Waals surface area (Å²) in [7, 11) is 2.00. The second kappa shape index (κ2) is 9.75. The molecular formula is C11H24N2. The highest BCUT2D eigenvalue weighted by atomic mass is 14.8. The smallest absolute Gasteiger partial charge is 0.00489 e. The molecule has 78 valence electrons. The van der Waals surface area contributed by atoms with Gasteiger partial charge in [-0.1, -0.05) is 6.08 Å². The van der Waals surface area contributed by atoms with Crippen molar-refractivity contribution in [2.75, 3.05) is 20.1 Å². The Morgan fingerprint density at radius 1 is 1.38 bits per heavy atom. The van der Waals surface area contributed by atoms with E-state index in [0.717, 1.165) is 19.5 Å². The molecule has 2 heteroatoms. The lowest BCUT2D eigenvalue weighted by Crippen LogP contribution is -2.16. The Kier molecular flexibility index (Phi) is 9.49. The van der Waals surface area contributed by atoms with Crippen LogP contribution < -0.4 is 11.1 Å². The second-order valence-corrected chi connectivity index (χ2v) is 3.57. The predicted octanol–water partition coefficient (Wildman–Crippen LogP) is 1.92. The SMILES string of the molecule is C=CCCCC(CN)CCCNC. The number of hydrogen-bond acceptors (Lipinski definition) is 2. The van der Waals surface area contributed by atoms with Crippen molar-refractivity contribution in [3.63, 3.8) is 0 Å². The molecule has 0 aromatic heterocycles. The highest BCUT2D eigenvalue weighted by Gasteiger charge is 2.04. The van der Waals surface area contributed by atoms with E-state index in [2.05, 4.69) is 11.9 Å². The number of nitrogens with two attached hydrogens (primary N) is 1. The van der Waals surface area contributed by atoms with Gasteiger partial charge in [0.15, 0.2) is 0 Å². The van der Waals surface area contributed by atoms with Crippen molar-refractivity contribution < 1.29 is 0 Å². The Bertz CT molecular complexity index is 113. The number of rotatable bonds is 9. The van der Waals surface area contributed by atoms with Gasteiger partial charge < -0.3 is 11.1 Å². The Hall–Kier alpha value is -0.340. The maximum Gasteiger partial charge on any atom is -0.00489 e. The molecule has 3 N–H and O–H groups in total. The molecule has 0 fully saturated rings. The maximum atomic E-state index is 5.69. The van der Waals surface area contributed by atoms with Gasteiger partial charge in [-0.2, -0.15) is 0 Å². The summed E-state index contributed by atoms with van der Waals surface area (Å²) in [4.78, 5) is 0. The van der Waals surface area contributed by atoms with Crippen LogP contribution in [0.1, 0.15) is 32.1 Å². The van der Waals surface area contributed by atoms with Crippen molar-refractivity contribution >= 4 is 0 Å². The van der Waals surface area contributed by atoms with Gasteiger partial charge in [-0.05, 0) is 58.2 Å². The summed E-state index contributed by atoms with van der Waals surface area (Å²) in [6.45, 7) is 5.66. The van der Waals surface area contributed by atoms with Gasteiger partial charge in [0.25, 0.3) is 0 Å². The van der Waals surface area contributed by atoms with Crippen LogP contribution >= 0.6 is 0 Å². The molecule has 0 amide bonds. The van der Waals surface area contributed by atoms with Crippen LogP contribution in [-0.4, -0.2) is 20.1 Å². The van der Waals surface area contributed by atoms with Crippen LogP contribution in [0.5, 0.6) is 0 Å². The lowest BCUT2D eigenvalue weighted by atomic mass is 9.97. The minimum atomic E-state index is 0.716. The minimum absolute atomic E-state index is 0.716. The fraction of sp³-hybridized carbons (Fsp3) is 0.818. The van der Waals surface area contributed by atoms with Crippen molar-refractivity contribution in [2.45, 2.75) is 32.1 Å². The van der Waals surface area contributed by atoms with Crippen molar-refractivity contribution in [1.29, 1.82) is 0 Å². The van der Waals surface area contributed by atoms with Gasteiger partial charge >= 0.3 is 0 Å². The predicted molar refractivity (Wildman–Crippen MR) is 59.8 cm³/mol. The molecule has 0 radical (unpaired) electrons. The second-order valence-electron chi connectivity index (χ2n) is 3.57. The lowest BCUT2D eigenvalue weighted by Gasteiger charge is -2.13. The van der Waals surface area contributed by atoms with Crippen molar-refractivity contribution in [3.8, 4) is 0 Å². The first-order valence-electron chi connectivity index (χ1n) is 5.30. The van der Waals surface area contributed by atoms with E-state index < -0.39 is 0 Å². The van der Waals surface area contributed by atoms with Crippen LogP contribution in [0.25, 0.3) is 0 Å². The van der Waals surface area contributed by atoms with Crippen LogP contribution in [0.3, 0.4) is 0 Å². The van der Waals surface area contributed by atoms with E-state index in [4.69, 9.17) is 5.73 Å².